The summed E-state index contributed by atoms with van der Waals surface area (Å²) < 4.78 is 28.2. The van der Waals surface area contributed by atoms with Crippen LogP contribution in [0.25, 0.3) is 0 Å². The van der Waals surface area contributed by atoms with Crippen molar-refractivity contribution in [3.8, 4) is 11.8 Å². The second-order valence-electron chi connectivity index (χ2n) is 4.77. The number of nitrogens with one attached hydrogen (secondary N) is 1. The standard InChI is InChI=1S/C16H14N2O4S/c1-23(20,21)15-4-2-3-13(9-15)18-16(19)11-22-14-7-5-12(10-17)6-8-14/h2-9H,11H2,1H3,(H,18,19). The molecule has 0 saturated heterocycles. The molecule has 2 aromatic carbocycles. The molecule has 0 heterocycles. The minimum atomic E-state index is -3.33. The number of benzene rings is 2. The van der Waals surface area contributed by atoms with E-state index in [0.717, 1.165) is 6.26 Å². The van der Waals surface area contributed by atoms with Gasteiger partial charge in [0.15, 0.2) is 16.4 Å². The molecule has 118 valence electrons. The third kappa shape index (κ3) is 4.83. The zero-order valence-corrected chi connectivity index (χ0v) is 13.1. The number of anilines is 1. The summed E-state index contributed by atoms with van der Waals surface area (Å²) in [7, 11) is -3.33. The van der Waals surface area contributed by atoms with Crippen molar-refractivity contribution in [2.24, 2.45) is 0 Å². The van der Waals surface area contributed by atoms with E-state index >= 15 is 0 Å². The fraction of sp³-hybridized carbons (Fsp3) is 0.125. The van der Waals surface area contributed by atoms with Gasteiger partial charge in [-0.25, -0.2) is 8.42 Å². The molecule has 0 fully saturated rings. The largest absolute Gasteiger partial charge is 0.484 e. The van der Waals surface area contributed by atoms with Crippen molar-refractivity contribution in [2.45, 2.75) is 4.90 Å². The van der Waals surface area contributed by atoms with Crippen molar-refractivity contribution in [1.82, 2.24) is 0 Å². The van der Waals surface area contributed by atoms with E-state index in [-0.39, 0.29) is 11.5 Å². The number of nitriles is 1. The van der Waals surface area contributed by atoms with Crippen LogP contribution in [-0.4, -0.2) is 27.2 Å². The van der Waals surface area contributed by atoms with Crippen LogP contribution in [0.5, 0.6) is 5.75 Å². The van der Waals surface area contributed by atoms with Crippen molar-refractivity contribution >= 4 is 21.4 Å². The van der Waals surface area contributed by atoms with Gasteiger partial charge in [0.1, 0.15) is 5.75 Å². The quantitative estimate of drug-likeness (QED) is 0.904. The Morgan fingerprint density at radius 1 is 1.22 bits per heavy atom. The minimum Gasteiger partial charge on any atom is -0.484 e. The molecule has 0 bridgehead atoms. The molecule has 1 amide bonds. The van der Waals surface area contributed by atoms with Crippen LogP contribution in [0, 0.1) is 11.3 Å². The van der Waals surface area contributed by atoms with Gasteiger partial charge in [0, 0.05) is 11.9 Å². The Kier molecular flexibility index (Phi) is 4.98. The van der Waals surface area contributed by atoms with Gasteiger partial charge in [0.05, 0.1) is 16.5 Å². The number of ether oxygens (including phenoxy) is 1. The van der Waals surface area contributed by atoms with Crippen molar-refractivity contribution < 1.29 is 17.9 Å². The van der Waals surface area contributed by atoms with Gasteiger partial charge in [-0.2, -0.15) is 5.26 Å². The first-order chi connectivity index (χ1) is 10.9. The van der Waals surface area contributed by atoms with E-state index in [4.69, 9.17) is 10.00 Å². The van der Waals surface area contributed by atoms with Crippen LogP contribution in [0.2, 0.25) is 0 Å². The smallest absolute Gasteiger partial charge is 0.262 e. The lowest BCUT2D eigenvalue weighted by Gasteiger charge is -2.08. The summed E-state index contributed by atoms with van der Waals surface area (Å²) in [6.07, 6.45) is 1.10. The molecule has 0 spiro atoms. The fourth-order valence-corrected chi connectivity index (χ4v) is 2.44. The van der Waals surface area contributed by atoms with Crippen LogP contribution in [0.4, 0.5) is 5.69 Å². The summed E-state index contributed by atoms with van der Waals surface area (Å²) in [5.74, 6) is 0.0454. The zero-order chi connectivity index (χ0) is 16.9. The van der Waals surface area contributed by atoms with Gasteiger partial charge in [-0.15, -0.1) is 0 Å². The lowest BCUT2D eigenvalue weighted by atomic mass is 10.2. The number of sulfone groups is 1. The molecule has 7 heteroatoms. The van der Waals surface area contributed by atoms with Gasteiger partial charge in [-0.3, -0.25) is 4.79 Å². The number of carbonyl (C=O) groups excluding carboxylic acids is 1. The summed E-state index contributed by atoms with van der Waals surface area (Å²) in [5.41, 5.74) is 0.876. The highest BCUT2D eigenvalue weighted by molar-refractivity contribution is 7.90. The maximum absolute atomic E-state index is 11.8. The first-order valence-electron chi connectivity index (χ1n) is 6.61. The summed E-state index contributed by atoms with van der Waals surface area (Å²) in [6, 6.07) is 14.3. The molecule has 0 saturated carbocycles. The van der Waals surface area contributed by atoms with Crippen molar-refractivity contribution in [1.29, 1.82) is 5.26 Å². The Hall–Kier alpha value is -2.85. The normalized spacial score (nSPS) is 10.6. The Balaban J connectivity index is 1.96. The number of rotatable bonds is 5. The lowest BCUT2D eigenvalue weighted by Crippen LogP contribution is -2.20. The van der Waals surface area contributed by atoms with E-state index in [1.54, 1.807) is 36.4 Å². The number of amides is 1. The van der Waals surface area contributed by atoms with E-state index in [1.807, 2.05) is 6.07 Å². The Bertz CT molecular complexity index is 852. The second kappa shape index (κ2) is 6.94. The van der Waals surface area contributed by atoms with Crippen LogP contribution >= 0.6 is 0 Å². The molecule has 0 unspecified atom stereocenters. The maximum atomic E-state index is 11.8. The molecular formula is C16H14N2O4S. The van der Waals surface area contributed by atoms with Gasteiger partial charge >= 0.3 is 0 Å². The van der Waals surface area contributed by atoms with Crippen LogP contribution in [0.3, 0.4) is 0 Å². The molecule has 2 rings (SSSR count). The highest BCUT2D eigenvalue weighted by Crippen LogP contribution is 2.15. The number of carbonyl (C=O) groups is 1. The zero-order valence-electron chi connectivity index (χ0n) is 12.3. The summed E-state index contributed by atoms with van der Waals surface area (Å²) in [4.78, 5) is 12.0. The summed E-state index contributed by atoms with van der Waals surface area (Å²) in [5, 5.41) is 11.3. The number of nitrogens with zero attached hydrogens (tertiary/aromatic N) is 1. The van der Waals surface area contributed by atoms with Gasteiger partial charge in [0.2, 0.25) is 0 Å². The average Bonchev–Trinajstić information content (AvgIpc) is 2.53. The Labute approximate surface area is 134 Å². The third-order valence-electron chi connectivity index (χ3n) is 2.90. The first-order valence-corrected chi connectivity index (χ1v) is 8.50. The lowest BCUT2D eigenvalue weighted by molar-refractivity contribution is -0.118. The molecule has 0 radical (unpaired) electrons. The molecular weight excluding hydrogens is 316 g/mol. The van der Waals surface area contributed by atoms with Crippen molar-refractivity contribution in [2.75, 3.05) is 18.2 Å². The molecule has 0 aromatic heterocycles. The minimum absolute atomic E-state index is 0.128. The average molecular weight is 330 g/mol. The Morgan fingerprint density at radius 2 is 1.91 bits per heavy atom. The van der Waals surface area contributed by atoms with Crippen LogP contribution in [0.15, 0.2) is 53.4 Å². The highest BCUT2D eigenvalue weighted by atomic mass is 32.2. The van der Waals surface area contributed by atoms with Crippen LogP contribution < -0.4 is 10.1 Å². The predicted molar refractivity (Wildman–Crippen MR) is 84.8 cm³/mol. The number of hydrogen-bond donors (Lipinski definition) is 1. The van der Waals surface area contributed by atoms with E-state index in [9.17, 15) is 13.2 Å². The van der Waals surface area contributed by atoms with Crippen molar-refractivity contribution in [3.05, 3.63) is 54.1 Å². The predicted octanol–water partition coefficient (Wildman–Crippen LogP) is 1.98. The summed E-state index contributed by atoms with van der Waals surface area (Å²) in [6.45, 7) is -0.227. The molecule has 0 atom stereocenters. The molecule has 0 aliphatic heterocycles. The van der Waals surface area contributed by atoms with Gasteiger partial charge < -0.3 is 10.1 Å². The molecule has 0 aliphatic rings. The maximum Gasteiger partial charge on any atom is 0.262 e. The molecule has 0 aliphatic carbocycles. The van der Waals surface area contributed by atoms with E-state index in [0.29, 0.717) is 17.0 Å². The second-order valence-corrected chi connectivity index (χ2v) is 6.79. The highest BCUT2D eigenvalue weighted by Gasteiger charge is 2.09. The van der Waals surface area contributed by atoms with E-state index in [1.165, 1.54) is 12.1 Å². The summed E-state index contributed by atoms with van der Waals surface area (Å²) >= 11 is 0. The molecule has 2 aromatic rings. The SMILES string of the molecule is CS(=O)(=O)c1cccc(NC(=O)COc2ccc(C#N)cc2)c1. The van der Waals surface area contributed by atoms with E-state index in [2.05, 4.69) is 5.32 Å². The molecule has 23 heavy (non-hydrogen) atoms. The first kappa shape index (κ1) is 16.5. The number of hydrogen-bond acceptors (Lipinski definition) is 5. The fourth-order valence-electron chi connectivity index (χ4n) is 1.78. The molecule has 1 N–H and O–H groups in total. The van der Waals surface area contributed by atoms with Crippen LogP contribution in [-0.2, 0) is 14.6 Å². The topological polar surface area (TPSA) is 96.3 Å². The van der Waals surface area contributed by atoms with E-state index < -0.39 is 15.7 Å². The monoisotopic (exact) mass is 330 g/mol. The van der Waals surface area contributed by atoms with Crippen LogP contribution in [0.1, 0.15) is 5.56 Å². The molecule has 6 nitrogen and oxygen atoms in total. The van der Waals surface area contributed by atoms with Gasteiger partial charge in [-0.05, 0) is 42.5 Å². The third-order valence-corrected chi connectivity index (χ3v) is 4.01. The van der Waals surface area contributed by atoms with Gasteiger partial charge in [-0.1, -0.05) is 6.07 Å². The van der Waals surface area contributed by atoms with Crippen molar-refractivity contribution in [3.63, 3.8) is 0 Å². The Morgan fingerprint density at radius 3 is 2.52 bits per heavy atom. The van der Waals surface area contributed by atoms with Gasteiger partial charge in [0.25, 0.3) is 5.91 Å².